The Morgan fingerprint density at radius 1 is 1.35 bits per heavy atom. The number of rotatable bonds is 9. The minimum atomic E-state index is -0.181. The van der Waals surface area contributed by atoms with Gasteiger partial charge in [-0.1, -0.05) is 25.1 Å². The molecule has 1 rings (SSSR count). The molecule has 0 aromatic carbocycles. The lowest BCUT2D eigenvalue weighted by Crippen LogP contribution is -2.11. The zero-order valence-electron chi connectivity index (χ0n) is 12.8. The van der Waals surface area contributed by atoms with Gasteiger partial charge in [-0.15, -0.1) is 0 Å². The first-order valence-electron chi connectivity index (χ1n) is 6.91. The molecular formula is C14H24N2O3S. The summed E-state index contributed by atoms with van der Waals surface area (Å²) in [6.07, 6.45) is 1.94. The molecule has 1 heterocycles. The van der Waals surface area contributed by atoms with Crippen LogP contribution < -0.4 is 0 Å². The van der Waals surface area contributed by atoms with Gasteiger partial charge in [0.1, 0.15) is 0 Å². The molecular weight excluding hydrogens is 276 g/mol. The summed E-state index contributed by atoms with van der Waals surface area (Å²) >= 11 is 1.42. The second kappa shape index (κ2) is 9.02. The van der Waals surface area contributed by atoms with Crippen LogP contribution in [0.2, 0.25) is 0 Å². The Balaban J connectivity index is 2.54. The fourth-order valence-corrected chi connectivity index (χ4v) is 2.59. The molecule has 0 saturated heterocycles. The number of carbonyl (C=O) groups excluding carboxylic acids is 1. The third-order valence-corrected chi connectivity index (χ3v) is 3.97. The molecule has 5 nitrogen and oxygen atoms in total. The van der Waals surface area contributed by atoms with Crippen molar-refractivity contribution in [2.75, 3.05) is 26.1 Å². The van der Waals surface area contributed by atoms with E-state index in [4.69, 9.17) is 9.47 Å². The van der Waals surface area contributed by atoms with Gasteiger partial charge < -0.3 is 14.0 Å². The van der Waals surface area contributed by atoms with Crippen LogP contribution in [0.3, 0.4) is 0 Å². The van der Waals surface area contributed by atoms with Gasteiger partial charge in [-0.3, -0.25) is 4.79 Å². The zero-order chi connectivity index (χ0) is 15.0. The SMILES string of the molecule is CCCCOC(=O)CSc1nc(C)c(C)n1CCOC. The third kappa shape index (κ3) is 5.17. The van der Waals surface area contributed by atoms with Gasteiger partial charge in [0.2, 0.25) is 0 Å². The molecule has 1 aromatic heterocycles. The topological polar surface area (TPSA) is 53.3 Å². The fourth-order valence-electron chi connectivity index (χ4n) is 1.68. The minimum Gasteiger partial charge on any atom is -0.465 e. The van der Waals surface area contributed by atoms with Gasteiger partial charge in [-0.25, -0.2) is 4.98 Å². The van der Waals surface area contributed by atoms with E-state index in [1.807, 2.05) is 13.8 Å². The first-order valence-corrected chi connectivity index (χ1v) is 7.89. The molecule has 0 fully saturated rings. The highest BCUT2D eigenvalue weighted by atomic mass is 32.2. The van der Waals surface area contributed by atoms with E-state index >= 15 is 0 Å². The van der Waals surface area contributed by atoms with E-state index in [9.17, 15) is 4.79 Å². The Labute approximate surface area is 125 Å². The number of esters is 1. The predicted molar refractivity (Wildman–Crippen MR) is 80.2 cm³/mol. The van der Waals surface area contributed by atoms with E-state index in [1.54, 1.807) is 7.11 Å². The number of hydrogen-bond acceptors (Lipinski definition) is 5. The molecule has 0 bridgehead atoms. The molecule has 0 atom stereocenters. The first-order chi connectivity index (χ1) is 9.60. The fraction of sp³-hybridized carbons (Fsp3) is 0.714. The highest BCUT2D eigenvalue weighted by molar-refractivity contribution is 7.99. The number of ether oxygens (including phenoxy) is 2. The van der Waals surface area contributed by atoms with Crippen LogP contribution in [0.15, 0.2) is 5.16 Å². The number of carbonyl (C=O) groups is 1. The van der Waals surface area contributed by atoms with E-state index in [-0.39, 0.29) is 5.97 Å². The summed E-state index contributed by atoms with van der Waals surface area (Å²) in [6.45, 7) is 7.96. The summed E-state index contributed by atoms with van der Waals surface area (Å²) in [5.41, 5.74) is 2.10. The number of methoxy groups -OCH3 is 1. The van der Waals surface area contributed by atoms with Crippen molar-refractivity contribution in [1.29, 1.82) is 0 Å². The molecule has 0 saturated carbocycles. The van der Waals surface area contributed by atoms with Crippen molar-refractivity contribution in [2.24, 2.45) is 0 Å². The number of hydrogen-bond donors (Lipinski definition) is 0. The predicted octanol–water partition coefficient (Wildman–Crippen LogP) is 2.58. The zero-order valence-corrected chi connectivity index (χ0v) is 13.6. The molecule has 20 heavy (non-hydrogen) atoms. The lowest BCUT2D eigenvalue weighted by atomic mass is 10.4. The normalized spacial score (nSPS) is 10.8. The average molecular weight is 300 g/mol. The molecule has 0 amide bonds. The van der Waals surface area contributed by atoms with Gasteiger partial charge in [0.15, 0.2) is 5.16 Å². The van der Waals surface area contributed by atoms with E-state index in [0.717, 1.165) is 35.9 Å². The highest BCUT2D eigenvalue weighted by Gasteiger charge is 2.13. The lowest BCUT2D eigenvalue weighted by Gasteiger charge is -2.09. The second-order valence-electron chi connectivity index (χ2n) is 4.57. The van der Waals surface area contributed by atoms with E-state index in [1.165, 1.54) is 11.8 Å². The Kier molecular flexibility index (Phi) is 7.69. The van der Waals surface area contributed by atoms with Crippen molar-refractivity contribution in [1.82, 2.24) is 9.55 Å². The van der Waals surface area contributed by atoms with Gasteiger partial charge in [0.05, 0.1) is 24.7 Å². The van der Waals surface area contributed by atoms with Crippen LogP contribution in [0.1, 0.15) is 31.2 Å². The molecule has 0 radical (unpaired) electrons. The van der Waals surface area contributed by atoms with Gasteiger partial charge in [-0.05, 0) is 20.3 Å². The number of imidazole rings is 1. The van der Waals surface area contributed by atoms with Crippen molar-refractivity contribution in [3.63, 3.8) is 0 Å². The van der Waals surface area contributed by atoms with Crippen LogP contribution in [0.25, 0.3) is 0 Å². The molecule has 1 aromatic rings. The smallest absolute Gasteiger partial charge is 0.316 e. The van der Waals surface area contributed by atoms with Gasteiger partial charge in [0, 0.05) is 19.3 Å². The van der Waals surface area contributed by atoms with Crippen LogP contribution in [0.5, 0.6) is 0 Å². The monoisotopic (exact) mass is 300 g/mol. The first kappa shape index (κ1) is 17.0. The Morgan fingerprint density at radius 2 is 2.10 bits per heavy atom. The summed E-state index contributed by atoms with van der Waals surface area (Å²) in [5, 5.41) is 0.851. The van der Waals surface area contributed by atoms with Crippen molar-refractivity contribution in [3.8, 4) is 0 Å². The van der Waals surface area contributed by atoms with Crippen LogP contribution in [0, 0.1) is 13.8 Å². The maximum atomic E-state index is 11.6. The molecule has 0 spiro atoms. The number of aromatic nitrogens is 2. The number of aryl methyl sites for hydroxylation is 1. The largest absolute Gasteiger partial charge is 0.465 e. The van der Waals surface area contributed by atoms with Crippen LogP contribution in [0.4, 0.5) is 0 Å². The number of thioether (sulfide) groups is 1. The number of nitrogens with zero attached hydrogens (tertiary/aromatic N) is 2. The van der Waals surface area contributed by atoms with Crippen molar-refractivity contribution in [3.05, 3.63) is 11.4 Å². The van der Waals surface area contributed by atoms with Crippen LogP contribution in [-0.2, 0) is 20.8 Å². The Bertz CT molecular complexity index is 432. The van der Waals surface area contributed by atoms with Crippen LogP contribution >= 0.6 is 11.8 Å². The van der Waals surface area contributed by atoms with E-state index in [0.29, 0.717) is 19.0 Å². The van der Waals surface area contributed by atoms with E-state index < -0.39 is 0 Å². The Morgan fingerprint density at radius 3 is 2.75 bits per heavy atom. The Hall–Kier alpha value is -1.01. The van der Waals surface area contributed by atoms with E-state index in [2.05, 4.69) is 16.5 Å². The molecule has 0 aliphatic carbocycles. The molecule has 114 valence electrons. The van der Waals surface area contributed by atoms with Gasteiger partial charge in [-0.2, -0.15) is 0 Å². The molecule has 6 heteroatoms. The number of unbranched alkanes of at least 4 members (excludes halogenated alkanes) is 1. The summed E-state index contributed by atoms with van der Waals surface area (Å²) < 4.78 is 12.3. The van der Waals surface area contributed by atoms with Gasteiger partial charge >= 0.3 is 5.97 Å². The summed E-state index contributed by atoms with van der Waals surface area (Å²) in [4.78, 5) is 16.1. The summed E-state index contributed by atoms with van der Waals surface area (Å²) in [7, 11) is 1.68. The maximum Gasteiger partial charge on any atom is 0.316 e. The third-order valence-electron chi connectivity index (χ3n) is 3.02. The second-order valence-corrected chi connectivity index (χ2v) is 5.51. The summed E-state index contributed by atoms with van der Waals surface area (Å²) in [6, 6.07) is 0. The van der Waals surface area contributed by atoms with Crippen molar-refractivity contribution >= 4 is 17.7 Å². The van der Waals surface area contributed by atoms with Crippen molar-refractivity contribution < 1.29 is 14.3 Å². The quantitative estimate of drug-likeness (QED) is 0.398. The molecule has 0 unspecified atom stereocenters. The van der Waals surface area contributed by atoms with Crippen LogP contribution in [-0.4, -0.2) is 41.6 Å². The van der Waals surface area contributed by atoms with Crippen molar-refractivity contribution in [2.45, 2.75) is 45.3 Å². The standard InChI is InChI=1S/C14H24N2O3S/c1-5-6-8-19-13(17)10-20-14-15-11(2)12(3)16(14)7-9-18-4/h5-10H2,1-4H3. The highest BCUT2D eigenvalue weighted by Crippen LogP contribution is 2.21. The molecule has 0 N–H and O–H groups in total. The lowest BCUT2D eigenvalue weighted by molar-refractivity contribution is -0.140. The van der Waals surface area contributed by atoms with Gasteiger partial charge in [0.25, 0.3) is 0 Å². The molecule has 0 aliphatic rings. The summed E-state index contributed by atoms with van der Waals surface area (Å²) in [5.74, 6) is 0.118. The minimum absolute atomic E-state index is 0.181. The molecule has 0 aliphatic heterocycles. The average Bonchev–Trinajstić information content (AvgIpc) is 2.70. The maximum absolute atomic E-state index is 11.6.